The molecule has 12 heavy (non-hydrogen) atoms. The molecule has 3 heteroatoms. The molecule has 0 aliphatic rings. The molecule has 0 saturated heterocycles. The van der Waals surface area contributed by atoms with Crippen LogP contribution in [0.5, 0.6) is 0 Å². The van der Waals surface area contributed by atoms with Crippen molar-refractivity contribution in [2.45, 2.75) is 0 Å². The number of nitrogens with one attached hydrogen (secondary N) is 1. The van der Waals surface area contributed by atoms with Gasteiger partial charge in [0.05, 0.1) is 0 Å². The Morgan fingerprint density at radius 1 is 1.33 bits per heavy atom. The zero-order chi connectivity index (χ0) is 8.97. The molecule has 0 saturated carbocycles. The molecule has 0 spiro atoms. The molecule has 0 fully saturated rings. The predicted molar refractivity (Wildman–Crippen MR) is 45.5 cm³/mol. The van der Waals surface area contributed by atoms with E-state index in [1.165, 1.54) is 0 Å². The zero-order valence-electron chi connectivity index (χ0n) is 6.74. The standard InChI is InChI=1S/C9H10NO2/c1-10-8(9(11)12)7-5-3-2-4-6-7/h2-6,10H,1H3,(H,11,12). The van der Waals surface area contributed by atoms with Crippen molar-refractivity contribution >= 4 is 5.97 Å². The van der Waals surface area contributed by atoms with Crippen LogP contribution in [0.4, 0.5) is 0 Å². The first-order valence-electron chi connectivity index (χ1n) is 3.59. The molecule has 0 aliphatic carbocycles. The highest BCUT2D eigenvalue weighted by Crippen LogP contribution is 2.09. The average Bonchev–Trinajstić information content (AvgIpc) is 2.07. The summed E-state index contributed by atoms with van der Waals surface area (Å²) in [5.74, 6) is -0.941. The maximum Gasteiger partial charge on any atom is 0.331 e. The van der Waals surface area contributed by atoms with Gasteiger partial charge in [0.25, 0.3) is 0 Å². The second kappa shape index (κ2) is 3.88. The summed E-state index contributed by atoms with van der Waals surface area (Å²) in [4.78, 5) is 10.6. The maximum absolute atomic E-state index is 10.6. The minimum absolute atomic E-state index is 0.218. The van der Waals surface area contributed by atoms with Gasteiger partial charge < -0.3 is 5.11 Å². The van der Waals surface area contributed by atoms with E-state index in [4.69, 9.17) is 5.11 Å². The van der Waals surface area contributed by atoms with Crippen LogP contribution in [0.25, 0.3) is 0 Å². The van der Waals surface area contributed by atoms with E-state index < -0.39 is 5.97 Å². The first kappa shape index (κ1) is 8.74. The van der Waals surface area contributed by atoms with Crippen molar-refractivity contribution in [3.8, 4) is 0 Å². The molecule has 1 aromatic carbocycles. The monoisotopic (exact) mass is 164 g/mol. The van der Waals surface area contributed by atoms with Crippen LogP contribution in [0.1, 0.15) is 5.56 Å². The summed E-state index contributed by atoms with van der Waals surface area (Å²) in [6, 6.07) is 9.17. The lowest BCUT2D eigenvalue weighted by molar-refractivity contribution is -0.134. The maximum atomic E-state index is 10.6. The van der Waals surface area contributed by atoms with Gasteiger partial charge in [-0.1, -0.05) is 30.3 Å². The molecule has 0 amide bonds. The predicted octanol–water partition coefficient (Wildman–Crippen LogP) is 0.871. The van der Waals surface area contributed by atoms with Gasteiger partial charge >= 0.3 is 5.97 Å². The molecule has 1 rings (SSSR count). The van der Waals surface area contributed by atoms with Crippen LogP contribution in [0.3, 0.4) is 0 Å². The third kappa shape index (κ3) is 1.83. The van der Waals surface area contributed by atoms with E-state index >= 15 is 0 Å². The molecular weight excluding hydrogens is 154 g/mol. The normalized spacial score (nSPS) is 10.2. The highest BCUT2D eigenvalue weighted by Gasteiger charge is 2.17. The number of hydrogen-bond acceptors (Lipinski definition) is 2. The van der Waals surface area contributed by atoms with E-state index in [0.29, 0.717) is 5.56 Å². The van der Waals surface area contributed by atoms with Gasteiger partial charge in [0.1, 0.15) is 0 Å². The quantitative estimate of drug-likeness (QED) is 0.697. The first-order chi connectivity index (χ1) is 5.75. The average molecular weight is 164 g/mol. The van der Waals surface area contributed by atoms with Crippen LogP contribution in [0.15, 0.2) is 30.3 Å². The van der Waals surface area contributed by atoms with Gasteiger partial charge in [0, 0.05) is 0 Å². The molecule has 0 bridgehead atoms. The third-order valence-electron chi connectivity index (χ3n) is 1.53. The Labute approximate surface area is 71.0 Å². The van der Waals surface area contributed by atoms with Crippen molar-refractivity contribution in [1.82, 2.24) is 5.32 Å². The third-order valence-corrected chi connectivity index (χ3v) is 1.53. The summed E-state index contributed by atoms with van der Waals surface area (Å²) in [6.07, 6.45) is 0. The minimum atomic E-state index is -0.941. The highest BCUT2D eigenvalue weighted by molar-refractivity contribution is 5.87. The SMILES string of the molecule is CN[C](C(=O)O)c1ccccc1. The summed E-state index contributed by atoms with van der Waals surface area (Å²) >= 11 is 0. The Morgan fingerprint density at radius 2 is 1.92 bits per heavy atom. The summed E-state index contributed by atoms with van der Waals surface area (Å²) in [7, 11) is 1.59. The zero-order valence-corrected chi connectivity index (χ0v) is 6.74. The van der Waals surface area contributed by atoms with Crippen molar-refractivity contribution in [3.63, 3.8) is 0 Å². The van der Waals surface area contributed by atoms with E-state index in [2.05, 4.69) is 5.32 Å². The van der Waals surface area contributed by atoms with Crippen molar-refractivity contribution in [2.24, 2.45) is 0 Å². The first-order valence-corrected chi connectivity index (χ1v) is 3.59. The fourth-order valence-electron chi connectivity index (χ4n) is 0.980. The molecule has 63 valence electrons. The summed E-state index contributed by atoms with van der Waals surface area (Å²) in [5, 5.41) is 11.4. The molecule has 0 heterocycles. The van der Waals surface area contributed by atoms with Crippen molar-refractivity contribution in [2.75, 3.05) is 7.05 Å². The molecule has 0 unspecified atom stereocenters. The van der Waals surface area contributed by atoms with Crippen molar-refractivity contribution < 1.29 is 9.90 Å². The van der Waals surface area contributed by atoms with Crippen molar-refractivity contribution in [1.29, 1.82) is 0 Å². The number of benzene rings is 1. The van der Waals surface area contributed by atoms with Crippen LogP contribution < -0.4 is 5.32 Å². The van der Waals surface area contributed by atoms with Gasteiger partial charge in [-0.15, -0.1) is 0 Å². The van der Waals surface area contributed by atoms with Crippen LogP contribution in [0, 0.1) is 6.04 Å². The Hall–Kier alpha value is -1.35. The van der Waals surface area contributed by atoms with Gasteiger partial charge in [0.15, 0.2) is 6.04 Å². The molecule has 0 aliphatic heterocycles. The number of likely N-dealkylation sites (N-methyl/N-ethyl adjacent to an activating group) is 1. The van der Waals surface area contributed by atoms with E-state index in [-0.39, 0.29) is 6.04 Å². The molecule has 1 radical (unpaired) electrons. The van der Waals surface area contributed by atoms with Crippen LogP contribution in [-0.2, 0) is 4.79 Å². The Kier molecular flexibility index (Phi) is 2.82. The number of carboxylic acid groups (broad SMARTS) is 1. The highest BCUT2D eigenvalue weighted by atomic mass is 16.4. The summed E-state index contributed by atoms with van der Waals surface area (Å²) < 4.78 is 0. The molecule has 0 atom stereocenters. The van der Waals surface area contributed by atoms with Crippen molar-refractivity contribution in [3.05, 3.63) is 41.9 Å². The lowest BCUT2D eigenvalue weighted by atomic mass is 10.1. The largest absolute Gasteiger partial charge is 0.480 e. The van der Waals surface area contributed by atoms with E-state index in [1.807, 2.05) is 6.07 Å². The number of carboxylic acids is 1. The fraction of sp³-hybridized carbons (Fsp3) is 0.111. The second-order valence-corrected chi connectivity index (χ2v) is 2.30. The number of carbonyl (C=O) groups is 1. The lowest BCUT2D eigenvalue weighted by Gasteiger charge is -2.08. The smallest absolute Gasteiger partial charge is 0.331 e. The number of aliphatic carboxylic acids is 1. The van der Waals surface area contributed by atoms with Gasteiger partial charge in [-0.05, 0) is 12.6 Å². The van der Waals surface area contributed by atoms with Crippen LogP contribution in [0.2, 0.25) is 0 Å². The van der Waals surface area contributed by atoms with Crippen LogP contribution >= 0.6 is 0 Å². The molecule has 2 N–H and O–H groups in total. The lowest BCUT2D eigenvalue weighted by Crippen LogP contribution is -2.25. The fourth-order valence-corrected chi connectivity index (χ4v) is 0.980. The minimum Gasteiger partial charge on any atom is -0.480 e. The number of hydrogen-bond donors (Lipinski definition) is 2. The van der Waals surface area contributed by atoms with Gasteiger partial charge in [0.2, 0.25) is 0 Å². The Balaban J connectivity index is 2.88. The van der Waals surface area contributed by atoms with Gasteiger partial charge in [-0.2, -0.15) is 0 Å². The topological polar surface area (TPSA) is 49.3 Å². The van der Waals surface area contributed by atoms with Gasteiger partial charge in [-0.25, -0.2) is 4.79 Å². The van der Waals surface area contributed by atoms with E-state index in [0.717, 1.165) is 0 Å². The second-order valence-electron chi connectivity index (χ2n) is 2.30. The summed E-state index contributed by atoms with van der Waals surface area (Å²) in [6.45, 7) is 0. The van der Waals surface area contributed by atoms with E-state index in [1.54, 1.807) is 31.3 Å². The van der Waals surface area contributed by atoms with Gasteiger partial charge in [-0.3, -0.25) is 5.32 Å². The van der Waals surface area contributed by atoms with Crippen LogP contribution in [-0.4, -0.2) is 18.1 Å². The molecule has 0 aromatic heterocycles. The molecule has 1 aromatic rings. The van der Waals surface area contributed by atoms with E-state index in [9.17, 15) is 4.79 Å². The Morgan fingerprint density at radius 3 is 2.33 bits per heavy atom. The molecular formula is C9H10NO2. The Bertz CT molecular complexity index is 258. The summed E-state index contributed by atoms with van der Waals surface area (Å²) in [5.41, 5.74) is 0.688. The molecule has 3 nitrogen and oxygen atoms in total. The number of rotatable bonds is 3.